The number of nitrogens with zero attached hydrogens (tertiary/aromatic N) is 4. The lowest BCUT2D eigenvalue weighted by Crippen LogP contribution is -2.28. The normalized spacial score (nSPS) is 12.5. The minimum absolute atomic E-state index is 0.530. The Kier molecular flexibility index (Phi) is 8.00. The van der Waals surface area contributed by atoms with Gasteiger partial charge in [-0.3, -0.25) is 4.98 Å². The van der Waals surface area contributed by atoms with E-state index in [9.17, 15) is 0 Å². The van der Waals surface area contributed by atoms with Gasteiger partial charge >= 0.3 is 0 Å². The Morgan fingerprint density at radius 1 is 0.291 bits per heavy atom. The molecule has 4 nitrogen and oxygen atoms in total. The van der Waals surface area contributed by atoms with Gasteiger partial charge in [0.05, 0.1) is 5.41 Å². The first-order valence-corrected chi connectivity index (χ1v) is 18.5. The fourth-order valence-electron chi connectivity index (χ4n) is 8.13. The standard InChI is InChI=1S/C51H34N4/c1-3-12-38(13-4-1)48-53-49(39-14-5-2-6-15-39)55-50(54-48)40-27-31-43(32-28-40)51(46-19-9-7-17-44(46)45-18-8-10-20-47(45)51)42-29-25-36(26-30-42)35-21-23-37(24-22-35)41-16-11-33-52-34-41/h1-34H. The van der Waals surface area contributed by atoms with Gasteiger partial charge in [-0.1, -0.05) is 188 Å². The summed E-state index contributed by atoms with van der Waals surface area (Å²) in [6.07, 6.45) is 3.71. The molecule has 0 aliphatic heterocycles. The van der Waals surface area contributed by atoms with Gasteiger partial charge in [-0.2, -0.15) is 0 Å². The van der Waals surface area contributed by atoms with E-state index in [0.717, 1.165) is 27.8 Å². The summed E-state index contributed by atoms with van der Waals surface area (Å²) < 4.78 is 0. The third-order valence-electron chi connectivity index (χ3n) is 10.8. The van der Waals surface area contributed by atoms with Crippen molar-refractivity contribution in [2.24, 2.45) is 0 Å². The van der Waals surface area contributed by atoms with Crippen molar-refractivity contribution < 1.29 is 0 Å². The second-order valence-electron chi connectivity index (χ2n) is 13.9. The van der Waals surface area contributed by atoms with Gasteiger partial charge in [0.25, 0.3) is 0 Å². The van der Waals surface area contributed by atoms with Crippen molar-refractivity contribution in [1.82, 2.24) is 19.9 Å². The van der Waals surface area contributed by atoms with Crippen molar-refractivity contribution in [3.63, 3.8) is 0 Å². The lowest BCUT2D eigenvalue weighted by atomic mass is 9.67. The molecule has 1 aliphatic rings. The Morgan fingerprint density at radius 3 is 1.11 bits per heavy atom. The molecule has 258 valence electrons. The van der Waals surface area contributed by atoms with Crippen molar-refractivity contribution in [2.75, 3.05) is 0 Å². The summed E-state index contributed by atoms with van der Waals surface area (Å²) in [5.74, 6) is 1.94. The van der Waals surface area contributed by atoms with Crippen molar-refractivity contribution in [3.05, 3.63) is 229 Å². The molecular weight excluding hydrogens is 669 g/mol. The molecule has 55 heavy (non-hydrogen) atoms. The summed E-state index contributed by atoms with van der Waals surface area (Å²) in [7, 11) is 0. The number of aromatic nitrogens is 4. The first kappa shape index (κ1) is 32.4. The lowest BCUT2D eigenvalue weighted by molar-refractivity contribution is 0.768. The number of benzene rings is 7. The minimum Gasteiger partial charge on any atom is -0.264 e. The fraction of sp³-hybridized carbons (Fsp3) is 0.0196. The van der Waals surface area contributed by atoms with Crippen LogP contribution in [0, 0.1) is 0 Å². The molecule has 0 fully saturated rings. The van der Waals surface area contributed by atoms with E-state index < -0.39 is 5.41 Å². The van der Waals surface area contributed by atoms with E-state index in [4.69, 9.17) is 15.0 Å². The monoisotopic (exact) mass is 702 g/mol. The molecule has 0 N–H and O–H groups in total. The van der Waals surface area contributed by atoms with E-state index in [1.54, 1.807) is 6.20 Å². The molecule has 7 aromatic carbocycles. The SMILES string of the molecule is c1ccc(-c2nc(-c3ccccc3)nc(-c3ccc(C4(c5ccc(-c6ccc(-c7cccnc7)cc6)cc5)c5ccccc5-c5ccccc54)cc3)n2)cc1. The van der Waals surface area contributed by atoms with Gasteiger partial charge in [-0.05, 0) is 61.7 Å². The third kappa shape index (κ3) is 5.63. The van der Waals surface area contributed by atoms with E-state index in [2.05, 4.69) is 132 Å². The molecule has 0 saturated carbocycles. The topological polar surface area (TPSA) is 51.6 Å². The van der Waals surface area contributed by atoms with E-state index in [1.165, 1.54) is 44.5 Å². The molecular formula is C51H34N4. The Bertz CT molecular complexity index is 2660. The summed E-state index contributed by atoms with van der Waals surface area (Å²) in [6, 6.07) is 68.7. The highest BCUT2D eigenvalue weighted by Crippen LogP contribution is 2.56. The predicted octanol–water partition coefficient (Wildman–Crippen LogP) is 12.0. The van der Waals surface area contributed by atoms with Crippen LogP contribution in [0.1, 0.15) is 22.3 Å². The molecule has 0 unspecified atom stereocenters. The van der Waals surface area contributed by atoms with Crippen molar-refractivity contribution in [2.45, 2.75) is 5.41 Å². The van der Waals surface area contributed by atoms with Gasteiger partial charge in [0, 0.05) is 29.1 Å². The number of pyridine rings is 1. The quantitative estimate of drug-likeness (QED) is 0.166. The molecule has 0 saturated heterocycles. The highest BCUT2D eigenvalue weighted by Gasteiger charge is 2.45. The van der Waals surface area contributed by atoms with E-state index in [0.29, 0.717) is 17.5 Å². The van der Waals surface area contributed by atoms with E-state index in [1.807, 2.05) is 72.9 Å². The van der Waals surface area contributed by atoms with Crippen molar-refractivity contribution >= 4 is 0 Å². The van der Waals surface area contributed by atoms with Crippen LogP contribution >= 0.6 is 0 Å². The average molecular weight is 703 g/mol. The van der Waals surface area contributed by atoms with Gasteiger partial charge in [-0.15, -0.1) is 0 Å². The van der Waals surface area contributed by atoms with Crippen LogP contribution in [0.5, 0.6) is 0 Å². The Labute approximate surface area is 320 Å². The first-order chi connectivity index (χ1) is 27.3. The van der Waals surface area contributed by atoms with Crippen LogP contribution in [-0.4, -0.2) is 19.9 Å². The van der Waals surface area contributed by atoms with Crippen LogP contribution in [0.15, 0.2) is 207 Å². The maximum atomic E-state index is 5.01. The van der Waals surface area contributed by atoms with Crippen molar-refractivity contribution in [3.8, 4) is 67.5 Å². The maximum absolute atomic E-state index is 5.01. The minimum atomic E-state index is -0.530. The summed E-state index contributed by atoms with van der Waals surface area (Å²) in [5, 5.41) is 0. The smallest absolute Gasteiger partial charge is 0.164 e. The average Bonchev–Trinajstić information content (AvgIpc) is 3.58. The number of fused-ring (bicyclic) bond motifs is 3. The summed E-state index contributed by atoms with van der Waals surface area (Å²) >= 11 is 0. The predicted molar refractivity (Wildman–Crippen MR) is 222 cm³/mol. The zero-order valence-electron chi connectivity index (χ0n) is 29.9. The maximum Gasteiger partial charge on any atom is 0.164 e. The van der Waals surface area contributed by atoms with E-state index >= 15 is 0 Å². The van der Waals surface area contributed by atoms with Crippen LogP contribution in [0.25, 0.3) is 67.5 Å². The number of hydrogen-bond donors (Lipinski definition) is 0. The molecule has 0 atom stereocenters. The van der Waals surface area contributed by atoms with Gasteiger partial charge in [0.1, 0.15) is 0 Å². The Morgan fingerprint density at radius 2 is 0.655 bits per heavy atom. The first-order valence-electron chi connectivity index (χ1n) is 18.5. The molecule has 0 amide bonds. The largest absolute Gasteiger partial charge is 0.264 e. The molecule has 0 spiro atoms. The Balaban J connectivity index is 1.09. The second kappa shape index (κ2) is 13.6. The molecule has 1 aliphatic carbocycles. The zero-order chi connectivity index (χ0) is 36.6. The van der Waals surface area contributed by atoms with Crippen LogP contribution in [0.4, 0.5) is 0 Å². The number of rotatable bonds is 7. The fourth-order valence-corrected chi connectivity index (χ4v) is 8.13. The third-order valence-corrected chi connectivity index (χ3v) is 10.8. The highest BCUT2D eigenvalue weighted by atomic mass is 15.0. The van der Waals surface area contributed by atoms with Gasteiger partial charge in [0.2, 0.25) is 0 Å². The highest BCUT2D eigenvalue weighted by molar-refractivity contribution is 5.86. The molecule has 2 heterocycles. The molecule has 0 radical (unpaired) electrons. The van der Waals surface area contributed by atoms with E-state index in [-0.39, 0.29) is 0 Å². The molecule has 0 bridgehead atoms. The molecule has 2 aromatic heterocycles. The number of hydrogen-bond acceptors (Lipinski definition) is 4. The summed E-state index contributed by atoms with van der Waals surface area (Å²) in [6.45, 7) is 0. The molecule has 4 heteroatoms. The van der Waals surface area contributed by atoms with Crippen LogP contribution in [0.3, 0.4) is 0 Å². The van der Waals surface area contributed by atoms with Gasteiger partial charge in [-0.25, -0.2) is 15.0 Å². The molecule has 10 rings (SSSR count). The van der Waals surface area contributed by atoms with Crippen LogP contribution in [0.2, 0.25) is 0 Å². The summed E-state index contributed by atoms with van der Waals surface area (Å²) in [4.78, 5) is 19.2. The van der Waals surface area contributed by atoms with Crippen LogP contribution < -0.4 is 0 Å². The van der Waals surface area contributed by atoms with Gasteiger partial charge < -0.3 is 0 Å². The second-order valence-corrected chi connectivity index (χ2v) is 13.9. The zero-order valence-corrected chi connectivity index (χ0v) is 29.9. The lowest BCUT2D eigenvalue weighted by Gasteiger charge is -2.34. The van der Waals surface area contributed by atoms with Gasteiger partial charge in [0.15, 0.2) is 17.5 Å². The van der Waals surface area contributed by atoms with Crippen LogP contribution in [-0.2, 0) is 5.41 Å². The molecule has 9 aromatic rings. The Hall–Kier alpha value is -7.30. The van der Waals surface area contributed by atoms with Crippen molar-refractivity contribution in [1.29, 1.82) is 0 Å². The summed E-state index contributed by atoms with van der Waals surface area (Å²) in [5.41, 5.74) is 14.4.